The second-order valence-electron chi connectivity index (χ2n) is 7.06. The molecule has 0 aromatic heterocycles. The molecule has 0 aliphatic carbocycles. The third kappa shape index (κ3) is 4.28. The lowest BCUT2D eigenvalue weighted by Gasteiger charge is -2.25. The fraction of sp³-hybridized carbons (Fsp3) is 0.429. The predicted molar refractivity (Wildman–Crippen MR) is 103 cm³/mol. The fourth-order valence-corrected chi connectivity index (χ4v) is 3.73. The quantitative estimate of drug-likeness (QED) is 0.759. The van der Waals surface area contributed by atoms with Crippen LogP contribution in [0.15, 0.2) is 42.5 Å². The van der Waals surface area contributed by atoms with E-state index in [9.17, 15) is 19.8 Å². The molecular formula is C21H26N2O4. The Morgan fingerprint density at radius 1 is 1.04 bits per heavy atom. The summed E-state index contributed by atoms with van der Waals surface area (Å²) in [5.41, 5.74) is 1.26. The molecule has 0 bridgehead atoms. The van der Waals surface area contributed by atoms with E-state index in [1.165, 1.54) is 23.4 Å². The van der Waals surface area contributed by atoms with Crippen molar-refractivity contribution in [1.29, 1.82) is 0 Å². The van der Waals surface area contributed by atoms with Gasteiger partial charge in [0.2, 0.25) is 0 Å². The van der Waals surface area contributed by atoms with E-state index in [0.717, 1.165) is 19.3 Å². The van der Waals surface area contributed by atoms with Gasteiger partial charge in [-0.25, -0.2) is 0 Å². The van der Waals surface area contributed by atoms with Crippen LogP contribution in [0.2, 0.25) is 0 Å². The number of hydrogen-bond donors (Lipinski definition) is 3. The van der Waals surface area contributed by atoms with Gasteiger partial charge in [-0.3, -0.25) is 9.59 Å². The van der Waals surface area contributed by atoms with E-state index in [-0.39, 0.29) is 0 Å². The Hall–Kier alpha value is -2.44. The second-order valence-corrected chi connectivity index (χ2v) is 7.06. The summed E-state index contributed by atoms with van der Waals surface area (Å²) in [5.74, 6) is -1.02. The minimum absolute atomic E-state index is 0.341. The minimum atomic E-state index is -1.75. The molecule has 3 atom stereocenters. The van der Waals surface area contributed by atoms with Crippen molar-refractivity contribution >= 4 is 22.6 Å². The maximum atomic E-state index is 12.5. The van der Waals surface area contributed by atoms with E-state index in [0.29, 0.717) is 19.0 Å². The van der Waals surface area contributed by atoms with Crippen LogP contribution in [0.5, 0.6) is 0 Å². The Morgan fingerprint density at radius 2 is 1.78 bits per heavy atom. The topological polar surface area (TPSA) is 89.9 Å². The molecule has 1 aliphatic heterocycles. The van der Waals surface area contributed by atoms with Gasteiger partial charge >= 0.3 is 0 Å². The predicted octanol–water partition coefficient (Wildman–Crippen LogP) is 1.40. The van der Waals surface area contributed by atoms with Crippen LogP contribution in [0.1, 0.15) is 30.7 Å². The van der Waals surface area contributed by atoms with Gasteiger partial charge in [-0.05, 0) is 41.5 Å². The molecule has 6 heteroatoms. The van der Waals surface area contributed by atoms with Gasteiger partial charge in [0.15, 0.2) is 12.2 Å². The lowest BCUT2D eigenvalue weighted by Crippen LogP contribution is -2.50. The van der Waals surface area contributed by atoms with Gasteiger partial charge in [0.05, 0.1) is 0 Å². The van der Waals surface area contributed by atoms with Crippen molar-refractivity contribution in [2.24, 2.45) is 0 Å². The highest BCUT2D eigenvalue weighted by Crippen LogP contribution is 2.30. The molecule has 3 N–H and O–H groups in total. The smallest absolute Gasteiger partial charge is 0.254 e. The Labute approximate surface area is 158 Å². The third-order valence-corrected chi connectivity index (χ3v) is 5.35. The summed E-state index contributed by atoms with van der Waals surface area (Å²) in [4.78, 5) is 25.5. The van der Waals surface area contributed by atoms with Crippen LogP contribution in [-0.4, -0.2) is 59.3 Å². The highest BCUT2D eigenvalue weighted by molar-refractivity contribution is 5.90. The molecule has 1 heterocycles. The number of amides is 2. The number of aliphatic hydroxyl groups is 2. The maximum absolute atomic E-state index is 12.5. The average molecular weight is 370 g/mol. The Kier molecular flexibility index (Phi) is 6.08. The van der Waals surface area contributed by atoms with Crippen molar-refractivity contribution < 1.29 is 19.8 Å². The summed E-state index contributed by atoms with van der Waals surface area (Å²) in [6, 6.07) is 14.7. The number of nitrogens with one attached hydrogen (secondary N) is 1. The SMILES string of the molecule is CNC(=O)C(O)C(O)C(=O)N1CCCC(c2ccc3ccccc3c2)CC1. The van der Waals surface area contributed by atoms with E-state index < -0.39 is 24.0 Å². The molecule has 1 aliphatic rings. The molecule has 1 saturated heterocycles. The maximum Gasteiger partial charge on any atom is 0.254 e. The summed E-state index contributed by atoms with van der Waals surface area (Å²) in [5, 5.41) is 24.5. The van der Waals surface area contributed by atoms with E-state index in [1.54, 1.807) is 4.90 Å². The summed E-state index contributed by atoms with van der Waals surface area (Å²) in [7, 11) is 1.35. The first kappa shape index (κ1) is 19.3. The lowest BCUT2D eigenvalue weighted by atomic mass is 9.90. The van der Waals surface area contributed by atoms with Crippen LogP contribution in [0, 0.1) is 0 Å². The zero-order valence-corrected chi connectivity index (χ0v) is 15.5. The number of hydrogen-bond acceptors (Lipinski definition) is 4. The van der Waals surface area contributed by atoms with Crippen molar-refractivity contribution in [1.82, 2.24) is 10.2 Å². The summed E-state index contributed by atoms with van der Waals surface area (Å²) in [6.45, 7) is 1.01. The zero-order chi connectivity index (χ0) is 19.4. The normalized spacial score (nSPS) is 20.0. The van der Waals surface area contributed by atoms with E-state index in [1.807, 2.05) is 12.1 Å². The van der Waals surface area contributed by atoms with Crippen LogP contribution in [0.3, 0.4) is 0 Å². The molecule has 0 radical (unpaired) electrons. The van der Waals surface area contributed by atoms with Gasteiger partial charge in [0.25, 0.3) is 11.8 Å². The van der Waals surface area contributed by atoms with Gasteiger partial charge in [0, 0.05) is 20.1 Å². The van der Waals surface area contributed by atoms with Gasteiger partial charge in [-0.1, -0.05) is 42.5 Å². The van der Waals surface area contributed by atoms with Gasteiger partial charge in [-0.2, -0.15) is 0 Å². The largest absolute Gasteiger partial charge is 0.380 e. The van der Waals surface area contributed by atoms with Gasteiger partial charge < -0.3 is 20.4 Å². The molecule has 0 spiro atoms. The average Bonchev–Trinajstić information content (AvgIpc) is 2.97. The first-order chi connectivity index (χ1) is 13.0. The second kappa shape index (κ2) is 8.50. The molecule has 2 aromatic rings. The molecule has 1 fully saturated rings. The van der Waals surface area contributed by atoms with E-state index in [2.05, 4.69) is 35.6 Å². The first-order valence-corrected chi connectivity index (χ1v) is 9.36. The molecule has 144 valence electrons. The van der Waals surface area contributed by atoms with Crippen molar-refractivity contribution in [2.75, 3.05) is 20.1 Å². The summed E-state index contributed by atoms with van der Waals surface area (Å²) >= 11 is 0. The van der Waals surface area contributed by atoms with Crippen molar-refractivity contribution in [3.63, 3.8) is 0 Å². The monoisotopic (exact) mass is 370 g/mol. The van der Waals surface area contributed by atoms with Crippen LogP contribution < -0.4 is 5.32 Å². The molecular weight excluding hydrogens is 344 g/mol. The number of rotatable bonds is 4. The molecule has 2 amide bonds. The highest BCUT2D eigenvalue weighted by Gasteiger charge is 2.33. The molecule has 3 rings (SSSR count). The lowest BCUT2D eigenvalue weighted by molar-refractivity contribution is -0.152. The van der Waals surface area contributed by atoms with Gasteiger partial charge in [-0.15, -0.1) is 0 Å². The van der Waals surface area contributed by atoms with Gasteiger partial charge in [0.1, 0.15) is 0 Å². The fourth-order valence-electron chi connectivity index (χ4n) is 3.73. The Morgan fingerprint density at radius 3 is 2.52 bits per heavy atom. The van der Waals surface area contributed by atoms with E-state index in [4.69, 9.17) is 0 Å². The Bertz CT molecular complexity index is 823. The number of likely N-dealkylation sites (N-methyl/N-ethyl adjacent to an activating group) is 1. The molecule has 0 saturated carbocycles. The van der Waals surface area contributed by atoms with E-state index >= 15 is 0 Å². The highest BCUT2D eigenvalue weighted by atomic mass is 16.3. The minimum Gasteiger partial charge on any atom is -0.380 e. The molecule has 6 nitrogen and oxygen atoms in total. The molecule has 27 heavy (non-hydrogen) atoms. The van der Waals surface area contributed by atoms with Crippen LogP contribution in [0.25, 0.3) is 10.8 Å². The van der Waals surface area contributed by atoms with Crippen LogP contribution in [-0.2, 0) is 9.59 Å². The third-order valence-electron chi connectivity index (χ3n) is 5.35. The number of nitrogens with zero attached hydrogens (tertiary/aromatic N) is 1. The summed E-state index contributed by atoms with van der Waals surface area (Å²) in [6.07, 6.45) is -0.932. The number of benzene rings is 2. The standard InChI is InChI=1S/C21H26N2O4/c1-22-20(26)18(24)19(25)21(27)23-11-4-7-15(10-12-23)17-9-8-14-5-2-3-6-16(14)13-17/h2-3,5-6,8-9,13,15,18-19,24-25H,4,7,10-12H2,1H3,(H,22,26). The van der Waals surface area contributed by atoms with Crippen molar-refractivity contribution in [2.45, 2.75) is 37.4 Å². The Balaban J connectivity index is 1.67. The van der Waals surface area contributed by atoms with Crippen LogP contribution >= 0.6 is 0 Å². The number of fused-ring (bicyclic) bond motifs is 1. The van der Waals surface area contributed by atoms with Crippen molar-refractivity contribution in [3.8, 4) is 0 Å². The number of carbonyl (C=O) groups is 2. The zero-order valence-electron chi connectivity index (χ0n) is 15.5. The van der Waals surface area contributed by atoms with Crippen molar-refractivity contribution in [3.05, 3.63) is 48.0 Å². The summed E-state index contributed by atoms with van der Waals surface area (Å²) < 4.78 is 0. The first-order valence-electron chi connectivity index (χ1n) is 9.36. The number of likely N-dealkylation sites (tertiary alicyclic amines) is 1. The molecule has 3 unspecified atom stereocenters. The number of aliphatic hydroxyl groups excluding tert-OH is 2. The number of carbonyl (C=O) groups excluding carboxylic acids is 2. The van der Waals surface area contributed by atoms with Crippen LogP contribution in [0.4, 0.5) is 0 Å². The molecule has 2 aromatic carbocycles.